The summed E-state index contributed by atoms with van der Waals surface area (Å²) in [5, 5.41) is 19.2. The molecule has 0 aliphatic heterocycles. The van der Waals surface area contributed by atoms with Crippen LogP contribution in [0.4, 0.5) is 0 Å². The number of hydrogen-bond acceptors (Lipinski definition) is 4. The van der Waals surface area contributed by atoms with Gasteiger partial charge >= 0.3 is 0 Å². The minimum Gasteiger partial charge on any atom is -0.354 e. The summed E-state index contributed by atoms with van der Waals surface area (Å²) in [5.41, 5.74) is 24.2. The third kappa shape index (κ3) is 10.9. The molecule has 0 bridgehead atoms. The smallest absolute Gasteiger partial charge is 0.138 e. The van der Waals surface area contributed by atoms with Crippen LogP contribution in [0.15, 0.2) is 411 Å². The highest BCUT2D eigenvalue weighted by molar-refractivity contribution is 9.10. The fourth-order valence-electron chi connectivity index (χ4n) is 19.7. The Labute approximate surface area is 711 Å². The maximum atomic E-state index is 5.53. The van der Waals surface area contributed by atoms with Gasteiger partial charge in [-0.2, -0.15) is 0 Å². The largest absolute Gasteiger partial charge is 0.354 e. The van der Waals surface area contributed by atoms with Crippen LogP contribution in [0.1, 0.15) is 0 Å². The number of hydrogen-bond donors (Lipinski definition) is 2. The molecule has 0 unspecified atom stereocenters. The standard InChI is InChI=1S/C58H36N6.C46H28N6.C6H5Br/c1-3-16-38(17-4-1)61-49-27-13-9-22-44(49)55-51(61)32-30-42-40-20-7-11-25-47(40)63(57(42)55)53-29-15-24-46(60-53)37-34-35-59-54(36-37)64-48-26-12-8-21-41(48)43-31-33-52-56(58(43)64)45-23-10-14-28-50(45)62(52)39-18-5-2-6-19-39;1-5-14-35-32(12-1)43-37(48-35)22-20-30-28-10-3-7-17-39(28)51(45(30)43)41-19-9-16-34(50-41)27-24-25-47-42(26-27)52-40-18-8-4-11-29(40)31-21-23-38-44(46(31)52)33-13-2-6-15-36(33)49-38;7-6-4-2-1-3-5-6/h1-36H;1-26,48-49H;1-5H. The number of aromatic nitrogens is 12. The number of benzene rings is 15. The number of nitrogens with zero attached hydrogens (tertiary/aromatic N) is 10. The van der Waals surface area contributed by atoms with Gasteiger partial charge in [0.05, 0.1) is 77.6 Å². The third-order valence-corrected chi connectivity index (χ3v) is 25.3. The Bertz CT molecular complexity index is 8480. The molecule has 0 atom stereocenters. The number of fused-ring (bicyclic) bond motifs is 28. The highest BCUT2D eigenvalue weighted by Crippen LogP contribution is 2.47. The molecule has 0 aliphatic rings. The van der Waals surface area contributed by atoms with Crippen molar-refractivity contribution in [1.29, 1.82) is 0 Å². The Morgan fingerprint density at radius 3 is 0.886 bits per heavy atom. The van der Waals surface area contributed by atoms with E-state index in [9.17, 15) is 0 Å². The molecule has 0 amide bonds. The SMILES string of the molecule is Brc1ccccc1.c1cc(-c2ccnc(-n3c4ccccc4c4ccc5[nH]c6ccccc6c5c43)c2)nc(-n2c3ccccc3c3ccc4[nH]c5ccccc5c4c32)c1.c1ccc(-n2c3ccccc3c3c2ccc2c4ccccc4n(-c4cc(-c5cccc(-n6c7ccccc7c7ccc8c(c9ccccc9n8-c8ccccc8)c76)n5)ccn4)c23)cc1. The topological polar surface area (TPSA) is 113 Å². The van der Waals surface area contributed by atoms with E-state index < -0.39 is 0 Å². The fraction of sp³-hybridized carbons (Fsp3) is 0. The minimum atomic E-state index is 0.840. The van der Waals surface area contributed by atoms with Gasteiger partial charge in [0.15, 0.2) is 0 Å². The molecule has 15 aromatic carbocycles. The van der Waals surface area contributed by atoms with Crippen LogP contribution in [0.25, 0.3) is 232 Å². The van der Waals surface area contributed by atoms with Crippen molar-refractivity contribution in [2.75, 3.05) is 0 Å². The van der Waals surface area contributed by atoms with E-state index in [4.69, 9.17) is 19.9 Å². The molecular formula is C110H69BrN12. The number of pyridine rings is 4. The molecular weight excluding hydrogens is 1570 g/mol. The molecule has 13 heteroatoms. The first-order valence-corrected chi connectivity index (χ1v) is 42.2. The van der Waals surface area contributed by atoms with Crippen molar-refractivity contribution in [3.05, 3.63) is 411 Å². The molecule has 0 saturated carbocycles. The van der Waals surface area contributed by atoms with Crippen molar-refractivity contribution in [3.63, 3.8) is 0 Å². The lowest BCUT2D eigenvalue weighted by Gasteiger charge is -2.12. The van der Waals surface area contributed by atoms with E-state index in [1.807, 2.05) is 42.7 Å². The molecule has 123 heavy (non-hydrogen) atoms. The summed E-state index contributed by atoms with van der Waals surface area (Å²) < 4.78 is 15.3. The van der Waals surface area contributed by atoms with Crippen LogP contribution >= 0.6 is 15.9 Å². The Balaban J connectivity index is 0.000000127. The summed E-state index contributed by atoms with van der Waals surface area (Å²) in [7, 11) is 0. The summed E-state index contributed by atoms with van der Waals surface area (Å²) in [6, 6.07) is 140. The van der Waals surface area contributed by atoms with Gasteiger partial charge in [-0.05, 0) is 158 Å². The second kappa shape index (κ2) is 28.0. The number of rotatable bonds is 8. The van der Waals surface area contributed by atoms with Crippen molar-refractivity contribution in [2.45, 2.75) is 0 Å². The predicted molar refractivity (Wildman–Crippen MR) is 514 cm³/mol. The lowest BCUT2D eigenvalue weighted by molar-refractivity contribution is 1.07. The van der Waals surface area contributed by atoms with Crippen LogP contribution in [0.2, 0.25) is 0 Å². The zero-order chi connectivity index (χ0) is 80.9. The molecule has 0 aliphatic carbocycles. The maximum Gasteiger partial charge on any atom is 0.138 e. The van der Waals surface area contributed by atoms with Crippen molar-refractivity contribution in [1.82, 2.24) is 57.3 Å². The predicted octanol–water partition coefficient (Wildman–Crippen LogP) is 28.6. The molecule has 2 N–H and O–H groups in total. The quantitative estimate of drug-likeness (QED) is 0.158. The Hall–Kier alpha value is -16.2. The van der Waals surface area contributed by atoms with Crippen LogP contribution < -0.4 is 0 Å². The molecule has 576 valence electrons. The van der Waals surface area contributed by atoms with Gasteiger partial charge in [-0.25, -0.2) is 19.9 Å². The first-order chi connectivity index (χ1) is 61.0. The van der Waals surface area contributed by atoms with E-state index >= 15 is 0 Å². The van der Waals surface area contributed by atoms with E-state index in [0.29, 0.717) is 0 Å². The van der Waals surface area contributed by atoms with Crippen LogP contribution in [0, 0.1) is 0 Å². The first-order valence-electron chi connectivity index (χ1n) is 41.5. The Morgan fingerprint density at radius 1 is 0.203 bits per heavy atom. The molecule has 12 nitrogen and oxygen atoms in total. The van der Waals surface area contributed by atoms with Crippen molar-refractivity contribution >= 4 is 190 Å². The first kappa shape index (κ1) is 69.9. The van der Waals surface area contributed by atoms with Gasteiger partial charge in [0.25, 0.3) is 0 Å². The summed E-state index contributed by atoms with van der Waals surface area (Å²) in [6.45, 7) is 0. The zero-order valence-electron chi connectivity index (χ0n) is 66.0. The van der Waals surface area contributed by atoms with Gasteiger partial charge in [-0.1, -0.05) is 253 Å². The van der Waals surface area contributed by atoms with Gasteiger partial charge in [0.2, 0.25) is 0 Å². The van der Waals surface area contributed by atoms with Gasteiger partial charge in [-0.15, -0.1) is 0 Å². The van der Waals surface area contributed by atoms with Crippen LogP contribution in [-0.2, 0) is 0 Å². The molecule has 12 heterocycles. The highest BCUT2D eigenvalue weighted by atomic mass is 79.9. The summed E-state index contributed by atoms with van der Waals surface area (Å²) >= 11 is 3.31. The molecule has 0 saturated heterocycles. The minimum absolute atomic E-state index is 0.840. The summed E-state index contributed by atoms with van der Waals surface area (Å²) in [4.78, 5) is 28.4. The van der Waals surface area contributed by atoms with Gasteiger partial charge in [0, 0.05) is 148 Å². The van der Waals surface area contributed by atoms with Gasteiger partial charge in [0.1, 0.15) is 23.3 Å². The number of halogens is 1. The average molecular weight is 1640 g/mol. The van der Waals surface area contributed by atoms with E-state index in [-0.39, 0.29) is 0 Å². The van der Waals surface area contributed by atoms with Gasteiger partial charge in [-0.3, -0.25) is 18.3 Å². The molecule has 27 rings (SSSR count). The monoisotopic (exact) mass is 1640 g/mol. The van der Waals surface area contributed by atoms with Crippen molar-refractivity contribution < 1.29 is 0 Å². The van der Waals surface area contributed by atoms with E-state index in [1.165, 1.54) is 97.2 Å². The van der Waals surface area contributed by atoms with Crippen LogP contribution in [0.3, 0.4) is 0 Å². The molecule has 12 aromatic heterocycles. The van der Waals surface area contributed by atoms with Crippen LogP contribution in [0.5, 0.6) is 0 Å². The number of nitrogens with one attached hydrogen (secondary N) is 2. The van der Waals surface area contributed by atoms with E-state index in [1.54, 1.807) is 0 Å². The fourth-order valence-corrected chi connectivity index (χ4v) is 20.0. The lowest BCUT2D eigenvalue weighted by Crippen LogP contribution is -2.01. The Morgan fingerprint density at radius 2 is 0.512 bits per heavy atom. The van der Waals surface area contributed by atoms with E-state index in [0.717, 1.165) is 139 Å². The summed E-state index contributed by atoms with van der Waals surface area (Å²) in [5.74, 6) is 3.42. The molecule has 0 spiro atoms. The molecule has 0 fully saturated rings. The molecule has 0 radical (unpaired) electrons. The second-order valence-corrected chi connectivity index (χ2v) is 32.4. The summed E-state index contributed by atoms with van der Waals surface area (Å²) in [6.07, 6.45) is 3.83. The number of aromatic amines is 2. The van der Waals surface area contributed by atoms with Crippen molar-refractivity contribution in [2.24, 2.45) is 0 Å². The Kier molecular flexibility index (Phi) is 15.9. The maximum absolute atomic E-state index is 5.53. The van der Waals surface area contributed by atoms with Crippen molar-refractivity contribution in [3.8, 4) is 57.2 Å². The second-order valence-electron chi connectivity index (χ2n) is 31.5. The van der Waals surface area contributed by atoms with Gasteiger partial charge < -0.3 is 19.1 Å². The average Bonchev–Trinajstić information content (AvgIpc) is 1.56. The van der Waals surface area contributed by atoms with E-state index in [2.05, 4.69) is 417 Å². The third-order valence-electron chi connectivity index (χ3n) is 24.8. The number of para-hydroxylation sites is 10. The zero-order valence-corrected chi connectivity index (χ0v) is 67.6. The number of H-pyrrole nitrogens is 2. The lowest BCUT2D eigenvalue weighted by atomic mass is 10.1. The highest BCUT2D eigenvalue weighted by Gasteiger charge is 2.27. The van der Waals surface area contributed by atoms with Crippen LogP contribution in [-0.4, -0.2) is 57.3 Å². The molecule has 27 aromatic rings. The normalized spacial score (nSPS) is 11.9.